The summed E-state index contributed by atoms with van der Waals surface area (Å²) < 4.78 is 33.4. The summed E-state index contributed by atoms with van der Waals surface area (Å²) in [7, 11) is -3.67. The van der Waals surface area contributed by atoms with Gasteiger partial charge >= 0.3 is 0 Å². The van der Waals surface area contributed by atoms with Crippen LogP contribution in [0.4, 0.5) is 0 Å². The van der Waals surface area contributed by atoms with Crippen LogP contribution in [-0.4, -0.2) is 20.0 Å². The van der Waals surface area contributed by atoms with Crippen molar-refractivity contribution >= 4 is 10.0 Å². The topological polar surface area (TPSA) is 68.3 Å². The molecular weight excluding hydrogens is 312 g/mol. The van der Waals surface area contributed by atoms with Gasteiger partial charge in [-0.2, -0.15) is 0 Å². The lowest BCUT2D eigenvalue weighted by atomic mass is 10.0. The Kier molecular flexibility index (Phi) is 5.74. The quantitative estimate of drug-likeness (QED) is 0.845. The third-order valence-electron chi connectivity index (χ3n) is 3.41. The Balaban J connectivity index is 2.31. The average molecular weight is 334 g/mol. The third kappa shape index (κ3) is 4.53. The van der Waals surface area contributed by atoms with Gasteiger partial charge in [0.15, 0.2) is 0 Å². The molecule has 0 saturated carbocycles. The van der Waals surface area contributed by atoms with E-state index in [0.29, 0.717) is 12.4 Å². The van der Waals surface area contributed by atoms with Crippen molar-refractivity contribution in [3.63, 3.8) is 0 Å². The Bertz CT molecular complexity index is 744. The lowest BCUT2D eigenvalue weighted by Gasteiger charge is -2.15. The highest BCUT2D eigenvalue weighted by atomic mass is 32.2. The molecule has 0 amide bonds. The molecule has 1 aromatic heterocycles. The van der Waals surface area contributed by atoms with Crippen LogP contribution in [0, 0.1) is 0 Å². The van der Waals surface area contributed by atoms with E-state index in [2.05, 4.69) is 9.71 Å². The van der Waals surface area contributed by atoms with Gasteiger partial charge in [0.05, 0.1) is 6.61 Å². The summed E-state index contributed by atoms with van der Waals surface area (Å²) in [4.78, 5) is 4.16. The number of hydrogen-bond acceptors (Lipinski definition) is 4. The average Bonchev–Trinajstić information content (AvgIpc) is 2.54. The maximum atomic E-state index is 12.7. The van der Waals surface area contributed by atoms with Gasteiger partial charge < -0.3 is 4.74 Å². The van der Waals surface area contributed by atoms with Crippen LogP contribution in [0.5, 0.6) is 5.75 Å². The van der Waals surface area contributed by atoms with Crippen LogP contribution < -0.4 is 9.46 Å². The third-order valence-corrected chi connectivity index (χ3v) is 4.84. The highest BCUT2D eigenvalue weighted by Gasteiger charge is 2.20. The van der Waals surface area contributed by atoms with E-state index >= 15 is 0 Å². The van der Waals surface area contributed by atoms with Gasteiger partial charge in [-0.3, -0.25) is 4.98 Å². The minimum absolute atomic E-state index is 0.175. The summed E-state index contributed by atoms with van der Waals surface area (Å²) in [6.07, 6.45) is 3.29. The molecule has 0 aliphatic rings. The second-order valence-electron chi connectivity index (χ2n) is 5.48. The number of pyridine rings is 1. The number of nitrogens with zero attached hydrogens (tertiary/aromatic N) is 1. The molecule has 1 heterocycles. The van der Waals surface area contributed by atoms with Crippen LogP contribution in [0.15, 0.2) is 47.6 Å². The summed E-state index contributed by atoms with van der Waals surface area (Å²) in [6, 6.07) is 8.90. The van der Waals surface area contributed by atoms with E-state index in [1.807, 2.05) is 32.9 Å². The maximum absolute atomic E-state index is 12.7. The van der Waals surface area contributed by atoms with Crippen LogP contribution in [0.1, 0.15) is 37.8 Å². The van der Waals surface area contributed by atoms with Crippen LogP contribution >= 0.6 is 0 Å². The maximum Gasteiger partial charge on any atom is 0.244 e. The van der Waals surface area contributed by atoms with E-state index in [1.54, 1.807) is 30.6 Å². The molecule has 2 rings (SSSR count). The minimum Gasteiger partial charge on any atom is -0.492 e. The number of ether oxygens (including phenoxy) is 1. The van der Waals surface area contributed by atoms with Gasteiger partial charge in [-0.25, -0.2) is 13.1 Å². The molecule has 1 aromatic carbocycles. The SMILES string of the molecule is CCOc1ccc(C(C)C)cc1S(=O)(=O)NCc1cccnc1. The van der Waals surface area contributed by atoms with Gasteiger partial charge in [0.2, 0.25) is 10.0 Å². The lowest BCUT2D eigenvalue weighted by Crippen LogP contribution is -2.24. The van der Waals surface area contributed by atoms with Crippen LogP contribution in [0.2, 0.25) is 0 Å². The highest BCUT2D eigenvalue weighted by molar-refractivity contribution is 7.89. The van der Waals surface area contributed by atoms with Crippen molar-refractivity contribution in [2.75, 3.05) is 6.61 Å². The van der Waals surface area contributed by atoms with Gasteiger partial charge in [0.1, 0.15) is 10.6 Å². The summed E-state index contributed by atoms with van der Waals surface area (Å²) in [5, 5.41) is 0. The first kappa shape index (κ1) is 17.4. The van der Waals surface area contributed by atoms with Gasteiger partial charge in [-0.05, 0) is 42.2 Å². The molecular formula is C17H22N2O3S. The number of benzene rings is 1. The molecule has 6 heteroatoms. The monoisotopic (exact) mass is 334 g/mol. The van der Waals surface area contributed by atoms with Gasteiger partial charge in [0, 0.05) is 18.9 Å². The van der Waals surface area contributed by atoms with Crippen molar-refractivity contribution in [3.8, 4) is 5.75 Å². The number of hydrogen-bond donors (Lipinski definition) is 1. The van der Waals surface area contributed by atoms with E-state index in [1.165, 1.54) is 0 Å². The molecule has 0 fully saturated rings. The molecule has 0 atom stereocenters. The molecule has 1 N–H and O–H groups in total. The zero-order chi connectivity index (χ0) is 16.9. The molecule has 0 bridgehead atoms. The second-order valence-corrected chi connectivity index (χ2v) is 7.22. The lowest BCUT2D eigenvalue weighted by molar-refractivity contribution is 0.330. The molecule has 0 saturated heterocycles. The van der Waals surface area contributed by atoms with Crippen LogP contribution in [0.3, 0.4) is 0 Å². The smallest absolute Gasteiger partial charge is 0.244 e. The number of nitrogens with one attached hydrogen (secondary N) is 1. The fourth-order valence-corrected chi connectivity index (χ4v) is 3.32. The molecule has 5 nitrogen and oxygen atoms in total. The largest absolute Gasteiger partial charge is 0.492 e. The summed E-state index contributed by atoms with van der Waals surface area (Å²) >= 11 is 0. The highest BCUT2D eigenvalue weighted by Crippen LogP contribution is 2.28. The number of sulfonamides is 1. The van der Waals surface area contributed by atoms with Crippen molar-refractivity contribution in [1.82, 2.24) is 9.71 Å². The normalized spacial score (nSPS) is 11.7. The van der Waals surface area contributed by atoms with E-state index < -0.39 is 10.0 Å². The van der Waals surface area contributed by atoms with Crippen molar-refractivity contribution < 1.29 is 13.2 Å². The molecule has 23 heavy (non-hydrogen) atoms. The Labute approximate surface area is 137 Å². The fourth-order valence-electron chi connectivity index (χ4n) is 2.13. The van der Waals surface area contributed by atoms with Crippen LogP contribution in [-0.2, 0) is 16.6 Å². The Hall–Kier alpha value is -1.92. The predicted octanol–water partition coefficient (Wildman–Crippen LogP) is 3.08. The molecule has 0 unspecified atom stereocenters. The van der Waals surface area contributed by atoms with E-state index in [0.717, 1.165) is 11.1 Å². The van der Waals surface area contributed by atoms with Gasteiger partial charge in [-0.1, -0.05) is 26.0 Å². The second kappa shape index (κ2) is 7.57. The zero-order valence-corrected chi connectivity index (χ0v) is 14.4. The van der Waals surface area contributed by atoms with Crippen molar-refractivity contribution in [3.05, 3.63) is 53.9 Å². The van der Waals surface area contributed by atoms with Crippen LogP contribution in [0.25, 0.3) is 0 Å². The van der Waals surface area contributed by atoms with Crippen molar-refractivity contribution in [2.45, 2.75) is 38.1 Å². The first-order valence-electron chi connectivity index (χ1n) is 7.59. The standard InChI is InChI=1S/C17H22N2O3S/c1-4-22-16-8-7-15(13(2)3)10-17(16)23(20,21)19-12-14-6-5-9-18-11-14/h5-11,13,19H,4,12H2,1-3H3. The molecule has 2 aromatic rings. The van der Waals surface area contributed by atoms with Crippen molar-refractivity contribution in [2.24, 2.45) is 0 Å². The number of rotatable bonds is 7. The molecule has 0 aliphatic heterocycles. The summed E-state index contributed by atoms with van der Waals surface area (Å²) in [6.45, 7) is 6.47. The molecule has 0 aliphatic carbocycles. The fraction of sp³-hybridized carbons (Fsp3) is 0.353. The first-order valence-corrected chi connectivity index (χ1v) is 9.07. The van der Waals surface area contributed by atoms with Crippen molar-refractivity contribution in [1.29, 1.82) is 0 Å². The van der Waals surface area contributed by atoms with E-state index in [-0.39, 0.29) is 17.4 Å². The van der Waals surface area contributed by atoms with Gasteiger partial charge in [-0.15, -0.1) is 0 Å². The Morgan fingerprint density at radius 1 is 1.26 bits per heavy atom. The minimum atomic E-state index is -3.67. The molecule has 0 radical (unpaired) electrons. The Morgan fingerprint density at radius 2 is 2.04 bits per heavy atom. The van der Waals surface area contributed by atoms with E-state index in [4.69, 9.17) is 4.74 Å². The summed E-state index contributed by atoms with van der Waals surface area (Å²) in [5.41, 5.74) is 1.75. The van der Waals surface area contributed by atoms with Gasteiger partial charge in [0.25, 0.3) is 0 Å². The Morgan fingerprint density at radius 3 is 2.65 bits per heavy atom. The predicted molar refractivity (Wildman–Crippen MR) is 90.0 cm³/mol. The summed E-state index contributed by atoms with van der Waals surface area (Å²) in [5.74, 6) is 0.605. The first-order chi connectivity index (χ1) is 10.9. The molecule has 124 valence electrons. The van der Waals surface area contributed by atoms with E-state index in [9.17, 15) is 8.42 Å². The zero-order valence-electron chi connectivity index (χ0n) is 13.6. The molecule has 0 spiro atoms. The number of aromatic nitrogens is 1.